The maximum atomic E-state index is 12.6. The van der Waals surface area contributed by atoms with Crippen molar-refractivity contribution in [1.82, 2.24) is 25.7 Å². The molecule has 1 aliphatic rings. The van der Waals surface area contributed by atoms with Crippen LogP contribution < -0.4 is 26.0 Å². The summed E-state index contributed by atoms with van der Waals surface area (Å²) in [5.41, 5.74) is 1.53. The first kappa shape index (κ1) is 23.6. The van der Waals surface area contributed by atoms with Gasteiger partial charge in [0, 0.05) is 24.1 Å². The van der Waals surface area contributed by atoms with Crippen LogP contribution in [-0.4, -0.2) is 34.9 Å². The van der Waals surface area contributed by atoms with Crippen molar-refractivity contribution in [2.45, 2.75) is 65.3 Å². The van der Waals surface area contributed by atoms with Crippen LogP contribution in [0.3, 0.4) is 0 Å². The second kappa shape index (κ2) is 9.60. The van der Waals surface area contributed by atoms with Gasteiger partial charge >= 0.3 is 6.03 Å². The van der Waals surface area contributed by atoms with Gasteiger partial charge in [0.2, 0.25) is 5.91 Å². The Labute approximate surface area is 189 Å². The van der Waals surface area contributed by atoms with Crippen LogP contribution in [-0.2, 0) is 16.8 Å². The Morgan fingerprint density at radius 3 is 2.50 bits per heavy atom. The maximum Gasteiger partial charge on any atom is 0.320 e. The van der Waals surface area contributed by atoms with Gasteiger partial charge in [0.15, 0.2) is 6.29 Å². The minimum absolute atomic E-state index is 0.0159. The van der Waals surface area contributed by atoms with E-state index >= 15 is 0 Å². The van der Waals surface area contributed by atoms with Gasteiger partial charge in [0.1, 0.15) is 11.6 Å². The Kier molecular flexibility index (Phi) is 7.08. The molecule has 1 saturated heterocycles. The van der Waals surface area contributed by atoms with Gasteiger partial charge in [-0.05, 0) is 31.0 Å². The monoisotopic (exact) mass is 442 g/mol. The van der Waals surface area contributed by atoms with Crippen molar-refractivity contribution in [1.29, 1.82) is 0 Å². The minimum Gasteiger partial charge on any atom is -0.497 e. The van der Waals surface area contributed by atoms with Gasteiger partial charge in [-0.3, -0.25) is 15.4 Å². The second-order valence-corrected chi connectivity index (χ2v) is 9.15. The molecule has 0 aliphatic carbocycles. The highest BCUT2D eigenvalue weighted by molar-refractivity contribution is 5.88. The zero-order valence-electron chi connectivity index (χ0n) is 19.7. The number of carbonyl (C=O) groups excluding carboxylic acids is 2. The molecule has 3 unspecified atom stereocenters. The molecule has 4 N–H and O–H groups in total. The molecular formula is C23H34N6O3. The largest absolute Gasteiger partial charge is 0.497 e. The summed E-state index contributed by atoms with van der Waals surface area (Å²) in [6.45, 7) is 10.5. The fourth-order valence-electron chi connectivity index (χ4n) is 3.68. The number of urea groups is 1. The van der Waals surface area contributed by atoms with Crippen LogP contribution in [0.5, 0.6) is 5.75 Å². The van der Waals surface area contributed by atoms with Gasteiger partial charge in [-0.25, -0.2) is 9.48 Å². The van der Waals surface area contributed by atoms with Crippen molar-refractivity contribution in [2.75, 3.05) is 12.4 Å². The van der Waals surface area contributed by atoms with Crippen molar-refractivity contribution in [3.05, 3.63) is 41.6 Å². The number of carbonyl (C=O) groups is 2. The Hall–Kier alpha value is -3.07. The van der Waals surface area contributed by atoms with Gasteiger partial charge in [-0.15, -0.1) is 0 Å². The lowest BCUT2D eigenvalue weighted by atomic mass is 9.92. The molecule has 2 heterocycles. The van der Waals surface area contributed by atoms with Crippen LogP contribution >= 0.6 is 0 Å². The van der Waals surface area contributed by atoms with E-state index in [0.717, 1.165) is 23.4 Å². The summed E-state index contributed by atoms with van der Waals surface area (Å²) >= 11 is 0. The van der Waals surface area contributed by atoms with Crippen molar-refractivity contribution < 1.29 is 14.3 Å². The predicted octanol–water partition coefficient (Wildman–Crippen LogP) is 3.10. The third kappa shape index (κ3) is 5.40. The van der Waals surface area contributed by atoms with E-state index in [1.807, 2.05) is 44.2 Å². The molecule has 1 aromatic heterocycles. The second-order valence-electron chi connectivity index (χ2n) is 9.15. The number of rotatable bonds is 6. The van der Waals surface area contributed by atoms with Gasteiger partial charge in [0.25, 0.3) is 0 Å². The molecule has 174 valence electrons. The Balaban J connectivity index is 1.75. The van der Waals surface area contributed by atoms with Gasteiger partial charge in [0.05, 0.1) is 18.7 Å². The summed E-state index contributed by atoms with van der Waals surface area (Å²) in [5, 5.41) is 16.8. The number of ether oxygens (including phenoxy) is 1. The molecule has 1 aliphatic heterocycles. The van der Waals surface area contributed by atoms with E-state index in [-0.39, 0.29) is 29.3 Å². The quantitative estimate of drug-likeness (QED) is 0.550. The standard InChI is InChI=1S/C23H34N6O3/c1-7-17-14(2)25-21(27-20(17)30)29-19(12-18(28-29)23(3,4)5)26-22(31)24-13-15-8-10-16(32-6)11-9-15/h8-12,14,17,21,25H,7,13H2,1-6H3,(H,27,30)(H2,24,26,31). The first-order valence-corrected chi connectivity index (χ1v) is 11.0. The van der Waals surface area contributed by atoms with Crippen LogP contribution in [0.1, 0.15) is 58.6 Å². The number of amides is 3. The summed E-state index contributed by atoms with van der Waals surface area (Å²) < 4.78 is 6.79. The number of benzene rings is 1. The van der Waals surface area contributed by atoms with Crippen molar-refractivity contribution in [2.24, 2.45) is 5.92 Å². The summed E-state index contributed by atoms with van der Waals surface area (Å²) in [6, 6.07) is 8.96. The lowest BCUT2D eigenvalue weighted by molar-refractivity contribution is -0.130. The average molecular weight is 443 g/mol. The lowest BCUT2D eigenvalue weighted by Gasteiger charge is -2.35. The molecule has 3 rings (SSSR count). The molecule has 0 saturated carbocycles. The summed E-state index contributed by atoms with van der Waals surface area (Å²) in [4.78, 5) is 25.2. The van der Waals surface area contributed by atoms with Crippen molar-refractivity contribution in [3.63, 3.8) is 0 Å². The highest BCUT2D eigenvalue weighted by Crippen LogP contribution is 2.27. The van der Waals surface area contributed by atoms with E-state index < -0.39 is 6.29 Å². The average Bonchev–Trinajstić information content (AvgIpc) is 3.16. The van der Waals surface area contributed by atoms with Crippen LogP contribution in [0, 0.1) is 5.92 Å². The Morgan fingerprint density at radius 2 is 1.94 bits per heavy atom. The zero-order valence-corrected chi connectivity index (χ0v) is 19.7. The van der Waals surface area contributed by atoms with Gasteiger partial charge in [-0.2, -0.15) is 5.10 Å². The van der Waals surface area contributed by atoms with Crippen LogP contribution in [0.25, 0.3) is 0 Å². The number of nitrogens with one attached hydrogen (secondary N) is 4. The smallest absolute Gasteiger partial charge is 0.320 e. The number of nitrogens with zero attached hydrogens (tertiary/aromatic N) is 2. The molecule has 0 radical (unpaired) electrons. The molecule has 2 aromatic rings. The third-order valence-electron chi connectivity index (χ3n) is 5.68. The molecule has 3 atom stereocenters. The number of aromatic nitrogens is 2. The lowest BCUT2D eigenvalue weighted by Crippen LogP contribution is -2.57. The zero-order chi connectivity index (χ0) is 23.5. The molecule has 1 fully saturated rings. The number of methoxy groups -OCH3 is 1. The summed E-state index contributed by atoms with van der Waals surface area (Å²) in [5.74, 6) is 1.14. The number of hydrogen-bond donors (Lipinski definition) is 4. The highest BCUT2D eigenvalue weighted by atomic mass is 16.5. The van der Waals surface area contributed by atoms with E-state index in [1.165, 1.54) is 0 Å². The first-order chi connectivity index (χ1) is 15.1. The molecule has 1 aromatic carbocycles. The predicted molar refractivity (Wildman–Crippen MR) is 123 cm³/mol. The van der Waals surface area contributed by atoms with Gasteiger partial charge in [-0.1, -0.05) is 39.8 Å². The molecule has 9 heteroatoms. The minimum atomic E-state index is -0.548. The van der Waals surface area contributed by atoms with E-state index in [4.69, 9.17) is 9.84 Å². The molecule has 32 heavy (non-hydrogen) atoms. The van der Waals surface area contributed by atoms with Crippen LogP contribution in [0.4, 0.5) is 10.6 Å². The molecule has 0 spiro atoms. The fraction of sp³-hybridized carbons (Fsp3) is 0.522. The van der Waals surface area contributed by atoms with E-state index in [1.54, 1.807) is 11.8 Å². The van der Waals surface area contributed by atoms with Crippen molar-refractivity contribution >= 4 is 17.8 Å². The third-order valence-corrected chi connectivity index (χ3v) is 5.68. The fourth-order valence-corrected chi connectivity index (χ4v) is 3.68. The number of hydrogen-bond acceptors (Lipinski definition) is 5. The Morgan fingerprint density at radius 1 is 1.25 bits per heavy atom. The van der Waals surface area contributed by atoms with Crippen LogP contribution in [0.15, 0.2) is 30.3 Å². The summed E-state index contributed by atoms with van der Waals surface area (Å²) in [6.07, 6.45) is 0.200. The molecule has 3 amide bonds. The highest BCUT2D eigenvalue weighted by Gasteiger charge is 2.35. The normalized spacial score (nSPS) is 21.1. The maximum absolute atomic E-state index is 12.6. The van der Waals surface area contributed by atoms with E-state index in [0.29, 0.717) is 12.4 Å². The topological polar surface area (TPSA) is 109 Å². The summed E-state index contributed by atoms with van der Waals surface area (Å²) in [7, 11) is 1.61. The molecule has 9 nitrogen and oxygen atoms in total. The Bertz CT molecular complexity index is 948. The van der Waals surface area contributed by atoms with Gasteiger partial charge < -0.3 is 15.4 Å². The SMILES string of the molecule is CCC1C(=O)NC(n2nc(C(C)(C)C)cc2NC(=O)NCc2ccc(OC)cc2)NC1C. The molecule has 0 bridgehead atoms. The van der Waals surface area contributed by atoms with Crippen molar-refractivity contribution in [3.8, 4) is 5.75 Å². The van der Waals surface area contributed by atoms with Crippen LogP contribution in [0.2, 0.25) is 0 Å². The molecular weight excluding hydrogens is 408 g/mol. The number of anilines is 1. The van der Waals surface area contributed by atoms with E-state index in [9.17, 15) is 9.59 Å². The van der Waals surface area contributed by atoms with E-state index in [2.05, 4.69) is 42.0 Å². The first-order valence-electron chi connectivity index (χ1n) is 11.0.